The molecule has 1 aliphatic carbocycles. The van der Waals surface area contributed by atoms with Crippen molar-refractivity contribution in [3.05, 3.63) is 58.0 Å². The normalized spacial score (nSPS) is 17.8. The summed E-state index contributed by atoms with van der Waals surface area (Å²) >= 11 is 3.37. The third kappa shape index (κ3) is 2.59. The lowest BCUT2D eigenvalue weighted by molar-refractivity contribution is 0.0932. The fourth-order valence-corrected chi connectivity index (χ4v) is 2.74. The summed E-state index contributed by atoms with van der Waals surface area (Å²) in [6, 6.07) is 9.41. The topological polar surface area (TPSA) is 42.2 Å². The van der Waals surface area contributed by atoms with Crippen LogP contribution in [-0.2, 0) is 6.42 Å². The van der Waals surface area contributed by atoms with Crippen molar-refractivity contribution < 1.29 is 9.21 Å². The van der Waals surface area contributed by atoms with Gasteiger partial charge in [0.2, 0.25) is 0 Å². The average molecular weight is 320 g/mol. The summed E-state index contributed by atoms with van der Waals surface area (Å²) in [5, 5.41) is 3.08. The molecular weight excluding hydrogens is 306 g/mol. The Morgan fingerprint density at radius 1 is 1.26 bits per heavy atom. The highest BCUT2D eigenvalue weighted by molar-refractivity contribution is 9.10. The Morgan fingerprint density at radius 3 is 2.84 bits per heavy atom. The number of rotatable bonds is 2. The van der Waals surface area contributed by atoms with E-state index in [9.17, 15) is 4.79 Å². The number of aryl methyl sites for hydroxylation is 1. The molecule has 1 aliphatic rings. The number of carbonyl (C=O) groups excluding carboxylic acids is 1. The minimum Gasteiger partial charge on any atom is -0.469 e. The molecule has 1 aromatic carbocycles. The second-order valence-electron chi connectivity index (χ2n) is 4.72. The molecule has 4 heteroatoms. The molecule has 1 unspecified atom stereocenters. The number of benzene rings is 1. The molecule has 1 heterocycles. The maximum atomic E-state index is 12.2. The summed E-state index contributed by atoms with van der Waals surface area (Å²) in [4.78, 5) is 12.2. The molecule has 2 aromatic rings. The van der Waals surface area contributed by atoms with Crippen molar-refractivity contribution in [2.75, 3.05) is 0 Å². The first-order chi connectivity index (χ1) is 9.24. The van der Waals surface area contributed by atoms with E-state index in [-0.39, 0.29) is 11.9 Å². The van der Waals surface area contributed by atoms with Gasteiger partial charge in [0.25, 0.3) is 5.91 Å². The molecule has 0 bridgehead atoms. The van der Waals surface area contributed by atoms with Gasteiger partial charge in [0, 0.05) is 22.0 Å². The smallest absolute Gasteiger partial charge is 0.251 e. The second-order valence-corrected chi connectivity index (χ2v) is 5.64. The average Bonchev–Trinajstić information content (AvgIpc) is 2.89. The minimum atomic E-state index is -0.0356. The van der Waals surface area contributed by atoms with Gasteiger partial charge in [-0.1, -0.05) is 15.9 Å². The summed E-state index contributed by atoms with van der Waals surface area (Å²) in [6.45, 7) is 0. The van der Waals surface area contributed by atoms with Gasteiger partial charge >= 0.3 is 0 Å². The van der Waals surface area contributed by atoms with E-state index in [1.165, 1.54) is 0 Å². The number of amides is 1. The Bertz CT molecular complexity index is 588. The van der Waals surface area contributed by atoms with Crippen LogP contribution in [0.5, 0.6) is 0 Å². The first-order valence-electron chi connectivity index (χ1n) is 6.37. The largest absolute Gasteiger partial charge is 0.469 e. The van der Waals surface area contributed by atoms with Crippen LogP contribution in [0.3, 0.4) is 0 Å². The van der Waals surface area contributed by atoms with Gasteiger partial charge in [-0.3, -0.25) is 4.79 Å². The van der Waals surface area contributed by atoms with Crippen LogP contribution in [0.15, 0.2) is 45.5 Å². The van der Waals surface area contributed by atoms with E-state index in [1.54, 1.807) is 6.26 Å². The Kier molecular flexibility index (Phi) is 3.42. The number of furan rings is 1. The minimum absolute atomic E-state index is 0.0356. The lowest BCUT2D eigenvalue weighted by Crippen LogP contribution is -2.30. The van der Waals surface area contributed by atoms with Crippen LogP contribution in [0.25, 0.3) is 0 Å². The van der Waals surface area contributed by atoms with Gasteiger partial charge in [-0.25, -0.2) is 0 Å². The summed E-state index contributed by atoms with van der Waals surface area (Å²) in [6.07, 6.45) is 4.68. The van der Waals surface area contributed by atoms with E-state index >= 15 is 0 Å². The first kappa shape index (κ1) is 12.5. The van der Waals surface area contributed by atoms with Crippen molar-refractivity contribution in [1.82, 2.24) is 5.32 Å². The number of nitrogens with one attached hydrogen (secondary N) is 1. The second kappa shape index (κ2) is 5.21. The van der Waals surface area contributed by atoms with E-state index in [0.717, 1.165) is 35.1 Å². The van der Waals surface area contributed by atoms with Crippen LogP contribution >= 0.6 is 15.9 Å². The SMILES string of the molecule is O=C(NC1CCCc2occc21)c1ccc(Br)cc1. The van der Waals surface area contributed by atoms with Gasteiger partial charge in [0.15, 0.2) is 0 Å². The third-order valence-corrected chi connectivity index (χ3v) is 3.99. The molecule has 0 aliphatic heterocycles. The van der Waals surface area contributed by atoms with E-state index < -0.39 is 0 Å². The fraction of sp³-hybridized carbons (Fsp3) is 0.267. The Hall–Kier alpha value is -1.55. The van der Waals surface area contributed by atoms with Crippen LogP contribution in [0, 0.1) is 0 Å². The molecule has 0 radical (unpaired) electrons. The molecule has 98 valence electrons. The monoisotopic (exact) mass is 319 g/mol. The molecule has 1 amide bonds. The summed E-state index contributed by atoms with van der Waals surface area (Å²) in [7, 11) is 0. The highest BCUT2D eigenvalue weighted by Gasteiger charge is 2.24. The Balaban J connectivity index is 1.76. The van der Waals surface area contributed by atoms with E-state index in [2.05, 4.69) is 21.2 Å². The zero-order valence-electron chi connectivity index (χ0n) is 10.4. The maximum Gasteiger partial charge on any atom is 0.251 e. The molecule has 3 rings (SSSR count). The lowest BCUT2D eigenvalue weighted by Gasteiger charge is -2.22. The van der Waals surface area contributed by atoms with Gasteiger partial charge in [-0.05, 0) is 43.2 Å². The third-order valence-electron chi connectivity index (χ3n) is 3.46. The summed E-state index contributed by atoms with van der Waals surface area (Å²) in [5.74, 6) is 0.971. The molecule has 19 heavy (non-hydrogen) atoms. The summed E-state index contributed by atoms with van der Waals surface area (Å²) in [5.41, 5.74) is 1.80. The van der Waals surface area contributed by atoms with Crippen LogP contribution in [-0.4, -0.2) is 5.91 Å². The Labute approximate surface area is 120 Å². The van der Waals surface area contributed by atoms with Crippen molar-refractivity contribution in [1.29, 1.82) is 0 Å². The standard InChI is InChI=1S/C15H14BrNO2/c16-11-6-4-10(5-7-11)15(18)17-13-2-1-3-14-12(13)8-9-19-14/h4-9,13H,1-3H2,(H,17,18). The predicted octanol–water partition coefficient (Wildman–Crippen LogP) is 3.85. The van der Waals surface area contributed by atoms with Crippen molar-refractivity contribution in [3.63, 3.8) is 0 Å². The number of fused-ring (bicyclic) bond motifs is 1. The summed E-state index contributed by atoms with van der Waals surface area (Å²) < 4.78 is 6.40. The molecule has 1 aromatic heterocycles. The van der Waals surface area contributed by atoms with Crippen molar-refractivity contribution in [2.24, 2.45) is 0 Å². The highest BCUT2D eigenvalue weighted by atomic mass is 79.9. The van der Waals surface area contributed by atoms with Crippen LogP contribution in [0.2, 0.25) is 0 Å². The van der Waals surface area contributed by atoms with Gasteiger partial charge in [0.05, 0.1) is 12.3 Å². The van der Waals surface area contributed by atoms with Gasteiger partial charge in [0.1, 0.15) is 5.76 Å². The number of hydrogen-bond acceptors (Lipinski definition) is 2. The molecule has 3 nitrogen and oxygen atoms in total. The molecule has 1 atom stereocenters. The van der Waals surface area contributed by atoms with Crippen LogP contribution in [0.4, 0.5) is 0 Å². The fourth-order valence-electron chi connectivity index (χ4n) is 2.48. The molecular formula is C15H14BrNO2. The molecule has 0 spiro atoms. The Morgan fingerprint density at radius 2 is 2.05 bits per heavy atom. The van der Waals surface area contributed by atoms with Crippen LogP contribution in [0.1, 0.15) is 40.6 Å². The van der Waals surface area contributed by atoms with Gasteiger partial charge < -0.3 is 9.73 Å². The molecule has 0 fully saturated rings. The van der Waals surface area contributed by atoms with E-state index in [0.29, 0.717) is 5.56 Å². The zero-order chi connectivity index (χ0) is 13.2. The van der Waals surface area contributed by atoms with Gasteiger partial charge in [-0.15, -0.1) is 0 Å². The van der Waals surface area contributed by atoms with E-state index in [1.807, 2.05) is 30.3 Å². The molecule has 0 saturated heterocycles. The zero-order valence-corrected chi connectivity index (χ0v) is 11.9. The van der Waals surface area contributed by atoms with Crippen LogP contribution < -0.4 is 5.32 Å². The van der Waals surface area contributed by atoms with Gasteiger partial charge in [-0.2, -0.15) is 0 Å². The highest BCUT2D eigenvalue weighted by Crippen LogP contribution is 2.30. The lowest BCUT2D eigenvalue weighted by atomic mass is 9.93. The van der Waals surface area contributed by atoms with E-state index in [4.69, 9.17) is 4.42 Å². The number of hydrogen-bond donors (Lipinski definition) is 1. The molecule has 1 N–H and O–H groups in total. The van der Waals surface area contributed by atoms with Crippen molar-refractivity contribution in [3.8, 4) is 0 Å². The predicted molar refractivity (Wildman–Crippen MR) is 76.0 cm³/mol. The first-order valence-corrected chi connectivity index (χ1v) is 7.16. The van der Waals surface area contributed by atoms with Crippen molar-refractivity contribution in [2.45, 2.75) is 25.3 Å². The van der Waals surface area contributed by atoms with Crippen molar-refractivity contribution >= 4 is 21.8 Å². The maximum absolute atomic E-state index is 12.2. The quantitative estimate of drug-likeness (QED) is 0.913. The molecule has 0 saturated carbocycles. The number of halogens is 1. The number of carbonyl (C=O) groups is 1.